The van der Waals surface area contributed by atoms with Crippen LogP contribution in [-0.2, 0) is 16.3 Å². The third-order valence-corrected chi connectivity index (χ3v) is 4.45. The molecule has 0 saturated carbocycles. The van der Waals surface area contributed by atoms with Gasteiger partial charge in [-0.15, -0.1) is 11.6 Å². The normalized spacial score (nSPS) is 13.7. The lowest BCUT2D eigenvalue weighted by Crippen LogP contribution is -2.22. The maximum atomic E-state index is 11.8. The van der Waals surface area contributed by atoms with Gasteiger partial charge in [0, 0.05) is 5.88 Å². The lowest BCUT2D eigenvalue weighted by molar-refractivity contribution is 0.221. The van der Waals surface area contributed by atoms with Crippen molar-refractivity contribution in [1.29, 1.82) is 0 Å². The van der Waals surface area contributed by atoms with Gasteiger partial charge in [-0.25, -0.2) is 8.42 Å². The van der Waals surface area contributed by atoms with E-state index in [1.165, 1.54) is 0 Å². The first kappa shape index (κ1) is 13.5. The van der Waals surface area contributed by atoms with Gasteiger partial charge in [0.1, 0.15) is 0 Å². The highest BCUT2D eigenvalue weighted by Crippen LogP contribution is 2.14. The van der Waals surface area contributed by atoms with E-state index < -0.39 is 15.9 Å². The number of hydrogen-bond donors (Lipinski definition) is 1. The molecule has 0 aromatic heterocycles. The molecule has 0 aliphatic carbocycles. The van der Waals surface area contributed by atoms with Crippen molar-refractivity contribution in [2.75, 3.05) is 11.6 Å². The number of sulfone groups is 1. The molecular formula is C11H15ClO3S. The summed E-state index contributed by atoms with van der Waals surface area (Å²) in [4.78, 5) is 0.230. The number of rotatable bonds is 5. The van der Waals surface area contributed by atoms with Crippen LogP contribution in [0.2, 0.25) is 0 Å². The zero-order valence-electron chi connectivity index (χ0n) is 9.06. The fourth-order valence-corrected chi connectivity index (χ4v) is 2.93. The van der Waals surface area contributed by atoms with Crippen molar-refractivity contribution in [1.82, 2.24) is 0 Å². The van der Waals surface area contributed by atoms with Gasteiger partial charge in [0.2, 0.25) is 0 Å². The van der Waals surface area contributed by atoms with E-state index in [4.69, 9.17) is 11.6 Å². The van der Waals surface area contributed by atoms with Gasteiger partial charge in [-0.05, 0) is 24.1 Å². The second kappa shape index (κ2) is 5.66. The first-order valence-corrected chi connectivity index (χ1v) is 7.24. The summed E-state index contributed by atoms with van der Waals surface area (Å²) in [5.41, 5.74) is 1.08. The predicted molar refractivity (Wildman–Crippen MR) is 64.6 cm³/mol. The van der Waals surface area contributed by atoms with Crippen LogP contribution in [0.25, 0.3) is 0 Å². The SMILES string of the molecule is CCc1ccc(S(=O)(=O)CC(O)CCl)cc1. The zero-order valence-corrected chi connectivity index (χ0v) is 10.6. The van der Waals surface area contributed by atoms with Crippen molar-refractivity contribution in [3.05, 3.63) is 29.8 Å². The van der Waals surface area contributed by atoms with Crippen LogP contribution in [0.1, 0.15) is 12.5 Å². The molecule has 1 N–H and O–H groups in total. The summed E-state index contributed by atoms with van der Waals surface area (Å²) >= 11 is 5.38. The number of alkyl halides is 1. The maximum Gasteiger partial charge on any atom is 0.180 e. The topological polar surface area (TPSA) is 54.4 Å². The Morgan fingerprint density at radius 3 is 2.31 bits per heavy atom. The molecule has 0 heterocycles. The first-order chi connectivity index (χ1) is 7.49. The molecule has 1 aromatic rings. The lowest BCUT2D eigenvalue weighted by atomic mass is 10.2. The molecule has 3 nitrogen and oxygen atoms in total. The minimum absolute atomic E-state index is 0.0771. The molecule has 1 unspecified atom stereocenters. The largest absolute Gasteiger partial charge is 0.391 e. The molecule has 0 radical (unpaired) electrons. The fourth-order valence-electron chi connectivity index (χ4n) is 1.33. The molecule has 0 aliphatic rings. The second-order valence-electron chi connectivity index (χ2n) is 3.59. The van der Waals surface area contributed by atoms with Gasteiger partial charge in [0.25, 0.3) is 0 Å². The van der Waals surface area contributed by atoms with Crippen molar-refractivity contribution < 1.29 is 13.5 Å². The van der Waals surface area contributed by atoms with Crippen molar-refractivity contribution >= 4 is 21.4 Å². The molecule has 90 valence electrons. The summed E-state index contributed by atoms with van der Waals surface area (Å²) in [7, 11) is -3.43. The molecule has 1 atom stereocenters. The summed E-state index contributed by atoms with van der Waals surface area (Å²) in [5, 5.41) is 9.24. The summed E-state index contributed by atoms with van der Waals surface area (Å²) in [6.07, 6.45) is -0.150. The van der Waals surface area contributed by atoms with E-state index in [1.54, 1.807) is 24.3 Å². The fraction of sp³-hybridized carbons (Fsp3) is 0.455. The summed E-state index contributed by atoms with van der Waals surface area (Å²) in [6.45, 7) is 2.00. The average Bonchev–Trinajstić information content (AvgIpc) is 2.28. The number of benzene rings is 1. The van der Waals surface area contributed by atoms with Crippen molar-refractivity contribution in [3.8, 4) is 0 Å². The third-order valence-electron chi connectivity index (χ3n) is 2.28. The smallest absolute Gasteiger partial charge is 0.180 e. The van der Waals surface area contributed by atoms with E-state index in [1.807, 2.05) is 6.92 Å². The van der Waals surface area contributed by atoms with Gasteiger partial charge in [-0.3, -0.25) is 0 Å². The van der Waals surface area contributed by atoms with Gasteiger partial charge in [-0.2, -0.15) is 0 Å². The van der Waals surface area contributed by atoms with Crippen LogP contribution in [0.3, 0.4) is 0 Å². The number of aliphatic hydroxyl groups is 1. The lowest BCUT2D eigenvalue weighted by Gasteiger charge is -2.08. The van der Waals surface area contributed by atoms with Crippen LogP contribution in [0.4, 0.5) is 0 Å². The Balaban J connectivity index is 2.90. The van der Waals surface area contributed by atoms with Gasteiger partial charge >= 0.3 is 0 Å². The van der Waals surface area contributed by atoms with E-state index in [-0.39, 0.29) is 16.5 Å². The molecule has 0 fully saturated rings. The highest BCUT2D eigenvalue weighted by molar-refractivity contribution is 7.91. The van der Waals surface area contributed by atoms with Crippen molar-refractivity contribution in [2.24, 2.45) is 0 Å². The minimum atomic E-state index is -3.43. The highest BCUT2D eigenvalue weighted by Gasteiger charge is 2.18. The molecule has 16 heavy (non-hydrogen) atoms. The summed E-state index contributed by atoms with van der Waals surface area (Å²) in [6, 6.07) is 6.68. The number of aryl methyl sites for hydroxylation is 1. The summed E-state index contributed by atoms with van der Waals surface area (Å²) in [5.74, 6) is -0.408. The molecule has 0 amide bonds. The van der Waals surface area contributed by atoms with E-state index in [0.29, 0.717) is 0 Å². The molecule has 0 spiro atoms. The monoisotopic (exact) mass is 262 g/mol. The Morgan fingerprint density at radius 2 is 1.88 bits per heavy atom. The van der Waals surface area contributed by atoms with Gasteiger partial charge in [-0.1, -0.05) is 19.1 Å². The Kier molecular flexibility index (Phi) is 4.77. The van der Waals surface area contributed by atoms with E-state index >= 15 is 0 Å². The molecule has 1 aromatic carbocycles. The Hall–Kier alpha value is -0.580. The van der Waals surface area contributed by atoms with Crippen LogP contribution >= 0.6 is 11.6 Å². The van der Waals surface area contributed by atoms with Gasteiger partial charge in [0.05, 0.1) is 16.8 Å². The van der Waals surface area contributed by atoms with E-state index in [2.05, 4.69) is 0 Å². The van der Waals surface area contributed by atoms with Crippen LogP contribution in [-0.4, -0.2) is 31.3 Å². The Morgan fingerprint density at radius 1 is 1.31 bits per heavy atom. The average molecular weight is 263 g/mol. The van der Waals surface area contributed by atoms with E-state index in [9.17, 15) is 13.5 Å². The number of aliphatic hydroxyl groups excluding tert-OH is 1. The molecular weight excluding hydrogens is 248 g/mol. The number of halogens is 1. The molecule has 1 rings (SSSR count). The first-order valence-electron chi connectivity index (χ1n) is 5.05. The standard InChI is InChI=1S/C11H15ClO3S/c1-2-9-3-5-11(6-4-9)16(14,15)8-10(13)7-12/h3-6,10,13H,2,7-8H2,1H3. The predicted octanol–water partition coefficient (Wildman–Crippen LogP) is 1.62. The van der Waals surface area contributed by atoms with Gasteiger partial charge in [0.15, 0.2) is 9.84 Å². The van der Waals surface area contributed by atoms with Crippen LogP contribution in [0, 0.1) is 0 Å². The van der Waals surface area contributed by atoms with Crippen LogP contribution < -0.4 is 0 Å². The Labute approximate surface area is 101 Å². The molecule has 0 aliphatic heterocycles. The highest BCUT2D eigenvalue weighted by atomic mass is 35.5. The quantitative estimate of drug-likeness (QED) is 0.821. The third kappa shape index (κ3) is 3.47. The van der Waals surface area contributed by atoms with Crippen molar-refractivity contribution in [2.45, 2.75) is 24.3 Å². The maximum absolute atomic E-state index is 11.8. The van der Waals surface area contributed by atoms with Crippen LogP contribution in [0.15, 0.2) is 29.2 Å². The molecule has 0 bridgehead atoms. The molecule has 0 saturated heterocycles. The second-order valence-corrected chi connectivity index (χ2v) is 5.93. The minimum Gasteiger partial charge on any atom is -0.391 e. The Bertz CT molecular complexity index is 425. The summed E-state index contributed by atoms with van der Waals surface area (Å²) < 4.78 is 23.6. The van der Waals surface area contributed by atoms with Gasteiger partial charge < -0.3 is 5.11 Å². The number of hydrogen-bond acceptors (Lipinski definition) is 3. The van der Waals surface area contributed by atoms with Crippen molar-refractivity contribution in [3.63, 3.8) is 0 Å². The van der Waals surface area contributed by atoms with E-state index in [0.717, 1.165) is 12.0 Å². The molecule has 5 heteroatoms. The van der Waals surface area contributed by atoms with Crippen LogP contribution in [0.5, 0.6) is 0 Å². The zero-order chi connectivity index (χ0) is 12.2.